The molecule has 0 amide bonds. The largest absolute Gasteiger partial charge is 0.244 e. The summed E-state index contributed by atoms with van der Waals surface area (Å²) in [6, 6.07) is 5.41. The average Bonchev–Trinajstić information content (AvgIpc) is 2.24. The summed E-state index contributed by atoms with van der Waals surface area (Å²) < 4.78 is 15.5. The first kappa shape index (κ1) is 14.5. The van der Waals surface area contributed by atoms with Crippen LogP contribution in [0.2, 0.25) is 0 Å². The van der Waals surface area contributed by atoms with Crippen LogP contribution in [-0.2, 0) is 11.0 Å². The van der Waals surface area contributed by atoms with Crippen LogP contribution in [0.4, 0.5) is 0 Å². The quantitative estimate of drug-likeness (QED) is 0.685. The van der Waals surface area contributed by atoms with Crippen LogP contribution in [0.25, 0.3) is 0 Å². The molecule has 0 fully saturated rings. The Labute approximate surface area is 113 Å². The topological polar surface area (TPSA) is 42.0 Å². The summed E-state index contributed by atoms with van der Waals surface area (Å²) in [7, 11) is -1.15. The Hall–Kier alpha value is -0.520. The molecule has 1 heterocycles. The van der Waals surface area contributed by atoms with Crippen molar-refractivity contribution in [2.24, 2.45) is 0 Å². The lowest BCUT2D eigenvalue weighted by molar-refractivity contribution is 0.624. The summed E-state index contributed by atoms with van der Waals surface area (Å²) in [6.45, 7) is 9.51. The zero-order chi connectivity index (χ0) is 13.1. The number of pyridine rings is 1. The first-order chi connectivity index (χ1) is 7.84. The molecule has 0 saturated heterocycles. The smallest absolute Gasteiger partial charge is 0.106 e. The molecule has 1 aromatic rings. The van der Waals surface area contributed by atoms with Gasteiger partial charge in [0.2, 0.25) is 0 Å². The number of halogens is 1. The van der Waals surface area contributed by atoms with Crippen molar-refractivity contribution in [1.29, 1.82) is 0 Å². The lowest BCUT2D eigenvalue weighted by Crippen LogP contribution is -2.35. The standard InChI is InChI=1S/C12H17BrN2OS/c1-5-9(15-17(16)12(2,3)4)10-7-6-8-11(13)14-10/h5-9,15H,1H2,2-4H3/t9-,17?/m1/s1. The highest BCUT2D eigenvalue weighted by atomic mass is 79.9. The Kier molecular flexibility index (Phi) is 5.04. The van der Waals surface area contributed by atoms with Crippen molar-refractivity contribution in [2.45, 2.75) is 31.6 Å². The Morgan fingerprint density at radius 1 is 1.53 bits per heavy atom. The van der Waals surface area contributed by atoms with Gasteiger partial charge in [0.15, 0.2) is 0 Å². The fraction of sp³-hybridized carbons (Fsp3) is 0.417. The first-order valence-electron chi connectivity index (χ1n) is 5.27. The number of hydrogen-bond acceptors (Lipinski definition) is 2. The van der Waals surface area contributed by atoms with E-state index in [4.69, 9.17) is 0 Å². The summed E-state index contributed by atoms with van der Waals surface area (Å²) in [4.78, 5) is 4.33. The molecule has 0 aliphatic heterocycles. The van der Waals surface area contributed by atoms with Gasteiger partial charge >= 0.3 is 0 Å². The molecule has 0 radical (unpaired) electrons. The van der Waals surface area contributed by atoms with Gasteiger partial charge in [-0.15, -0.1) is 6.58 Å². The van der Waals surface area contributed by atoms with Crippen LogP contribution < -0.4 is 4.72 Å². The van der Waals surface area contributed by atoms with Crippen molar-refractivity contribution in [3.63, 3.8) is 0 Å². The number of aromatic nitrogens is 1. The molecule has 1 unspecified atom stereocenters. The zero-order valence-corrected chi connectivity index (χ0v) is 12.6. The molecule has 1 aromatic heterocycles. The first-order valence-corrected chi connectivity index (χ1v) is 7.22. The molecule has 0 aromatic carbocycles. The maximum atomic E-state index is 12.0. The van der Waals surface area contributed by atoms with Crippen molar-refractivity contribution in [3.05, 3.63) is 41.2 Å². The minimum absolute atomic E-state index is 0.215. The van der Waals surface area contributed by atoms with Crippen LogP contribution in [-0.4, -0.2) is 13.9 Å². The van der Waals surface area contributed by atoms with Crippen LogP contribution in [0.5, 0.6) is 0 Å². The van der Waals surface area contributed by atoms with Gasteiger partial charge in [-0.1, -0.05) is 12.1 Å². The second-order valence-corrected chi connectivity index (χ2v) is 7.41. The van der Waals surface area contributed by atoms with E-state index in [0.29, 0.717) is 0 Å². The SMILES string of the molecule is C=C[C@@H](NS(=O)C(C)(C)C)c1cccc(Br)n1. The van der Waals surface area contributed by atoms with Crippen molar-refractivity contribution >= 4 is 26.9 Å². The lowest BCUT2D eigenvalue weighted by atomic mass is 10.2. The highest BCUT2D eigenvalue weighted by Gasteiger charge is 2.22. The fourth-order valence-electron chi connectivity index (χ4n) is 1.12. The van der Waals surface area contributed by atoms with Gasteiger partial charge < -0.3 is 0 Å². The summed E-state index contributed by atoms with van der Waals surface area (Å²) in [6.07, 6.45) is 1.71. The molecule has 0 bridgehead atoms. The third-order valence-corrected chi connectivity index (χ3v) is 4.10. The molecule has 2 atom stereocenters. The number of nitrogens with one attached hydrogen (secondary N) is 1. The van der Waals surface area contributed by atoms with Crippen LogP contribution in [0.1, 0.15) is 32.5 Å². The molecule has 0 aliphatic rings. The van der Waals surface area contributed by atoms with Gasteiger partial charge in [0.25, 0.3) is 0 Å². The number of nitrogens with zero attached hydrogens (tertiary/aromatic N) is 1. The molecule has 94 valence electrons. The second kappa shape index (κ2) is 5.89. The van der Waals surface area contributed by atoms with Crippen LogP contribution >= 0.6 is 15.9 Å². The molecule has 3 nitrogen and oxygen atoms in total. The third kappa shape index (κ3) is 4.33. The van der Waals surface area contributed by atoms with E-state index in [0.717, 1.165) is 10.3 Å². The molecule has 5 heteroatoms. The minimum atomic E-state index is -1.15. The Morgan fingerprint density at radius 3 is 2.65 bits per heavy atom. The predicted octanol–water partition coefficient (Wildman–Crippen LogP) is 3.12. The van der Waals surface area contributed by atoms with Gasteiger partial charge in [-0.05, 0) is 48.8 Å². The summed E-state index contributed by atoms with van der Waals surface area (Å²) in [5, 5.41) is 0. The van der Waals surface area contributed by atoms with Crippen molar-refractivity contribution in [2.75, 3.05) is 0 Å². The summed E-state index contributed by atoms with van der Waals surface area (Å²) in [5.41, 5.74) is 0.798. The highest BCUT2D eigenvalue weighted by Crippen LogP contribution is 2.18. The van der Waals surface area contributed by atoms with E-state index in [1.54, 1.807) is 6.08 Å². The van der Waals surface area contributed by atoms with Gasteiger partial charge in [0, 0.05) is 0 Å². The fourth-order valence-corrected chi connectivity index (χ4v) is 2.28. The minimum Gasteiger partial charge on any atom is -0.244 e. The van der Waals surface area contributed by atoms with E-state index in [1.807, 2.05) is 39.0 Å². The lowest BCUT2D eigenvalue weighted by Gasteiger charge is -2.22. The van der Waals surface area contributed by atoms with Gasteiger partial charge in [-0.25, -0.2) is 13.9 Å². The van der Waals surface area contributed by atoms with E-state index in [9.17, 15) is 4.21 Å². The van der Waals surface area contributed by atoms with E-state index >= 15 is 0 Å². The normalized spacial score (nSPS) is 15.3. The van der Waals surface area contributed by atoms with E-state index in [2.05, 4.69) is 32.2 Å². The maximum Gasteiger partial charge on any atom is 0.106 e. The zero-order valence-electron chi connectivity index (χ0n) is 10.2. The van der Waals surface area contributed by atoms with Gasteiger partial charge in [0.1, 0.15) is 4.60 Å². The van der Waals surface area contributed by atoms with Crippen molar-refractivity contribution in [1.82, 2.24) is 9.71 Å². The highest BCUT2D eigenvalue weighted by molar-refractivity contribution is 9.10. The molecular weight excluding hydrogens is 300 g/mol. The van der Waals surface area contributed by atoms with Gasteiger partial charge in [-0.2, -0.15) is 0 Å². The maximum absolute atomic E-state index is 12.0. The van der Waals surface area contributed by atoms with Gasteiger partial charge in [0.05, 0.1) is 27.5 Å². The molecule has 0 saturated carbocycles. The summed E-state index contributed by atoms with van der Waals surface area (Å²) >= 11 is 3.32. The van der Waals surface area contributed by atoms with Crippen molar-refractivity contribution < 1.29 is 4.21 Å². The molecule has 0 aliphatic carbocycles. The second-order valence-electron chi connectivity index (χ2n) is 4.60. The average molecular weight is 317 g/mol. The van der Waals surface area contributed by atoms with Crippen molar-refractivity contribution in [3.8, 4) is 0 Å². The molecule has 1 rings (SSSR count). The monoisotopic (exact) mass is 316 g/mol. The Balaban J connectivity index is 2.87. The third-order valence-electron chi connectivity index (χ3n) is 2.08. The number of hydrogen-bond donors (Lipinski definition) is 1. The van der Waals surface area contributed by atoms with E-state index in [1.165, 1.54) is 0 Å². The molecule has 0 spiro atoms. The Morgan fingerprint density at radius 2 is 2.18 bits per heavy atom. The Bertz CT molecular complexity index is 429. The van der Waals surface area contributed by atoms with Crippen LogP contribution in [0.3, 0.4) is 0 Å². The summed E-state index contributed by atoms with van der Waals surface area (Å²) in [5.74, 6) is 0. The molecular formula is C12H17BrN2OS. The van der Waals surface area contributed by atoms with Gasteiger partial charge in [-0.3, -0.25) is 0 Å². The van der Waals surface area contributed by atoms with Crippen LogP contribution in [0.15, 0.2) is 35.5 Å². The van der Waals surface area contributed by atoms with E-state index < -0.39 is 11.0 Å². The van der Waals surface area contributed by atoms with Crippen LogP contribution in [0, 0.1) is 0 Å². The van der Waals surface area contributed by atoms with E-state index in [-0.39, 0.29) is 10.8 Å². The molecule has 1 N–H and O–H groups in total. The molecule has 17 heavy (non-hydrogen) atoms. The predicted molar refractivity (Wildman–Crippen MR) is 75.9 cm³/mol. The number of rotatable bonds is 4.